The fraction of sp³-hybridized carbons (Fsp3) is 0.370. The molecule has 2 amide bonds. The highest BCUT2D eigenvalue weighted by Crippen LogP contribution is 2.50. The molecule has 2 fully saturated rings. The van der Waals surface area contributed by atoms with Crippen LogP contribution in [0.4, 0.5) is 0 Å². The minimum absolute atomic E-state index is 0.0552. The van der Waals surface area contributed by atoms with Gasteiger partial charge in [0.25, 0.3) is 11.8 Å². The Hall–Kier alpha value is -3.39. The van der Waals surface area contributed by atoms with E-state index in [-0.39, 0.29) is 17.9 Å². The Labute approximate surface area is 209 Å². The third kappa shape index (κ3) is 4.38. The summed E-state index contributed by atoms with van der Waals surface area (Å²) in [5, 5.41) is 3.90. The molecule has 8 heteroatoms. The molecule has 0 bridgehead atoms. The van der Waals surface area contributed by atoms with Crippen LogP contribution in [0.3, 0.4) is 0 Å². The quantitative estimate of drug-likeness (QED) is 0.532. The van der Waals surface area contributed by atoms with E-state index in [1.165, 1.54) is 7.11 Å². The molecule has 2 unspecified atom stereocenters. The number of hydrogen-bond donors (Lipinski definition) is 1. The molecule has 1 aliphatic heterocycles. The number of carbonyl (C=O) groups is 2. The van der Waals surface area contributed by atoms with Crippen molar-refractivity contribution in [1.29, 1.82) is 0 Å². The number of rotatable bonds is 7. The zero-order valence-electron chi connectivity index (χ0n) is 20.3. The van der Waals surface area contributed by atoms with Crippen molar-refractivity contribution in [2.45, 2.75) is 26.3 Å². The summed E-state index contributed by atoms with van der Waals surface area (Å²) in [6.07, 6.45) is 1.09. The monoisotopic (exact) mass is 491 g/mol. The number of nitrogens with one attached hydrogen (secondary N) is 1. The van der Waals surface area contributed by atoms with Crippen LogP contribution in [-0.4, -0.2) is 55.0 Å². The molecule has 2 aromatic carbocycles. The smallest absolute Gasteiger partial charge is 0.274 e. The van der Waals surface area contributed by atoms with Crippen LogP contribution < -0.4 is 14.8 Å². The number of hydrogen-bond acceptors (Lipinski definition) is 6. The maximum absolute atomic E-state index is 13.7. The minimum Gasteiger partial charge on any atom is -0.493 e. The number of fused-ring (bicyclic) bond motifs is 1. The molecule has 5 rings (SSSR count). The molecule has 35 heavy (non-hydrogen) atoms. The van der Waals surface area contributed by atoms with Gasteiger partial charge in [-0.3, -0.25) is 9.59 Å². The van der Waals surface area contributed by atoms with E-state index in [0.717, 1.165) is 27.4 Å². The van der Waals surface area contributed by atoms with Gasteiger partial charge in [-0.1, -0.05) is 35.9 Å². The summed E-state index contributed by atoms with van der Waals surface area (Å²) in [7, 11) is 3.06. The van der Waals surface area contributed by atoms with Crippen molar-refractivity contribution in [1.82, 2.24) is 15.2 Å². The summed E-state index contributed by atoms with van der Waals surface area (Å²) in [5.74, 6) is 1.50. The van der Waals surface area contributed by atoms with Crippen LogP contribution in [-0.2, 0) is 0 Å². The van der Waals surface area contributed by atoms with Crippen molar-refractivity contribution in [3.05, 3.63) is 64.3 Å². The molecular weight excluding hydrogens is 462 g/mol. The Morgan fingerprint density at radius 2 is 1.94 bits per heavy atom. The van der Waals surface area contributed by atoms with E-state index in [2.05, 4.69) is 16.4 Å². The topological polar surface area (TPSA) is 80.8 Å². The average molecular weight is 492 g/mol. The zero-order valence-corrected chi connectivity index (χ0v) is 21.1. The molecule has 2 aliphatic rings. The van der Waals surface area contributed by atoms with Crippen molar-refractivity contribution < 1.29 is 19.1 Å². The second-order valence-corrected chi connectivity index (χ2v) is 10.4. The summed E-state index contributed by atoms with van der Waals surface area (Å²) in [6.45, 7) is 5.07. The maximum Gasteiger partial charge on any atom is 0.274 e. The molecule has 1 aliphatic carbocycles. The number of piperidine rings is 1. The van der Waals surface area contributed by atoms with Crippen LogP contribution >= 0.6 is 11.3 Å². The Balaban J connectivity index is 1.36. The molecule has 3 aromatic rings. The number of nitrogens with zero attached hydrogens (tertiary/aromatic N) is 2. The largest absolute Gasteiger partial charge is 0.493 e. The van der Waals surface area contributed by atoms with Crippen LogP contribution in [0.1, 0.15) is 37.8 Å². The predicted molar refractivity (Wildman–Crippen MR) is 135 cm³/mol. The average Bonchev–Trinajstić information content (AvgIpc) is 3.37. The van der Waals surface area contributed by atoms with Gasteiger partial charge in [-0.05, 0) is 49.8 Å². The van der Waals surface area contributed by atoms with Crippen LogP contribution in [0.25, 0.3) is 10.4 Å². The Bertz CT molecular complexity index is 1290. The fourth-order valence-corrected chi connectivity index (χ4v) is 6.02. The van der Waals surface area contributed by atoms with Crippen LogP contribution in [0.2, 0.25) is 0 Å². The number of aromatic nitrogens is 1. The summed E-state index contributed by atoms with van der Waals surface area (Å²) in [5.41, 5.74) is 3.07. The number of likely N-dealkylation sites (tertiary alicyclic amines) is 1. The number of thiazole rings is 1. The number of para-hydroxylation sites is 1. The number of ether oxygens (including phenoxy) is 2. The van der Waals surface area contributed by atoms with Crippen molar-refractivity contribution in [3.63, 3.8) is 0 Å². The van der Waals surface area contributed by atoms with Gasteiger partial charge < -0.3 is 19.7 Å². The molecule has 1 saturated heterocycles. The predicted octanol–water partition coefficient (Wildman–Crippen LogP) is 4.33. The van der Waals surface area contributed by atoms with Gasteiger partial charge >= 0.3 is 0 Å². The normalized spacial score (nSPS) is 20.3. The van der Waals surface area contributed by atoms with E-state index in [9.17, 15) is 9.59 Å². The molecule has 1 aromatic heterocycles. The lowest BCUT2D eigenvalue weighted by atomic mass is 10.1. The van der Waals surface area contributed by atoms with Crippen LogP contribution in [0.5, 0.6) is 11.5 Å². The Morgan fingerprint density at radius 1 is 1.14 bits per heavy atom. The highest BCUT2D eigenvalue weighted by Gasteiger charge is 2.54. The van der Waals surface area contributed by atoms with Gasteiger partial charge in [0.1, 0.15) is 5.69 Å². The number of amides is 2. The van der Waals surface area contributed by atoms with Gasteiger partial charge in [0, 0.05) is 13.1 Å². The molecule has 0 radical (unpaired) electrons. The number of aryl methyl sites for hydroxylation is 2. The van der Waals surface area contributed by atoms with E-state index >= 15 is 0 Å². The lowest BCUT2D eigenvalue weighted by Crippen LogP contribution is -2.45. The first-order valence-corrected chi connectivity index (χ1v) is 12.6. The Kier molecular flexibility index (Phi) is 6.23. The van der Waals surface area contributed by atoms with Crippen molar-refractivity contribution in [2.75, 3.05) is 27.3 Å². The first-order valence-electron chi connectivity index (χ1n) is 11.8. The summed E-state index contributed by atoms with van der Waals surface area (Å²) >= 11 is 1.55. The van der Waals surface area contributed by atoms with E-state index in [4.69, 9.17) is 9.47 Å². The van der Waals surface area contributed by atoms with E-state index in [1.807, 2.05) is 36.9 Å². The van der Waals surface area contributed by atoms with E-state index in [0.29, 0.717) is 47.7 Å². The molecule has 0 spiro atoms. The summed E-state index contributed by atoms with van der Waals surface area (Å²) < 4.78 is 10.7. The number of carbonyl (C=O) groups excluding carboxylic acids is 2. The highest BCUT2D eigenvalue weighted by molar-refractivity contribution is 7.15. The fourth-order valence-electron chi connectivity index (χ4n) is 5.11. The van der Waals surface area contributed by atoms with Crippen LogP contribution in [0.15, 0.2) is 42.5 Å². The van der Waals surface area contributed by atoms with Gasteiger partial charge in [-0.2, -0.15) is 0 Å². The standard InChI is InChI=1S/C27H29N3O4S/c1-15-7-5-8-17(11-15)25-23(29-16(2)35-25)27(32)30-14-18-12-20(18)21(30)13-28-26(31)19-9-6-10-22(33-3)24(19)34-4/h5-11,18,20-21H,12-14H2,1-4H3,(H,28,31)/t18?,20-,21?/m0/s1. The molecule has 2 heterocycles. The molecule has 7 nitrogen and oxygen atoms in total. The second-order valence-electron chi connectivity index (χ2n) is 9.22. The zero-order chi connectivity index (χ0) is 24.7. The second kappa shape index (κ2) is 9.34. The molecule has 1 N–H and O–H groups in total. The maximum atomic E-state index is 13.7. The lowest BCUT2D eigenvalue weighted by Gasteiger charge is -2.27. The van der Waals surface area contributed by atoms with Gasteiger partial charge in [0.05, 0.1) is 35.7 Å². The van der Waals surface area contributed by atoms with Crippen molar-refractivity contribution in [2.24, 2.45) is 11.8 Å². The molecule has 1 saturated carbocycles. The minimum atomic E-state index is -0.248. The first kappa shape index (κ1) is 23.4. The van der Waals surface area contributed by atoms with Gasteiger partial charge in [-0.25, -0.2) is 4.98 Å². The van der Waals surface area contributed by atoms with Crippen molar-refractivity contribution in [3.8, 4) is 21.9 Å². The molecule has 3 atom stereocenters. The van der Waals surface area contributed by atoms with Crippen molar-refractivity contribution >= 4 is 23.2 Å². The number of benzene rings is 2. The van der Waals surface area contributed by atoms with Crippen LogP contribution in [0, 0.1) is 25.7 Å². The van der Waals surface area contributed by atoms with Gasteiger partial charge in [0.15, 0.2) is 11.5 Å². The lowest BCUT2D eigenvalue weighted by molar-refractivity contribution is 0.0690. The summed E-state index contributed by atoms with van der Waals surface area (Å²) in [4.78, 5) is 34.2. The van der Waals surface area contributed by atoms with Gasteiger partial charge in [0.2, 0.25) is 0 Å². The third-order valence-electron chi connectivity index (χ3n) is 6.90. The van der Waals surface area contributed by atoms with E-state index in [1.54, 1.807) is 36.6 Å². The summed E-state index contributed by atoms with van der Waals surface area (Å²) in [6, 6.07) is 13.3. The number of methoxy groups -OCH3 is 2. The SMILES string of the molecule is COc1cccc(C(=O)NCC2[C@H]3CC3CN2C(=O)c2nc(C)sc2-c2cccc(C)c2)c1OC. The first-order chi connectivity index (χ1) is 16.9. The highest BCUT2D eigenvalue weighted by atomic mass is 32.1. The Morgan fingerprint density at radius 3 is 2.69 bits per heavy atom. The third-order valence-corrected chi connectivity index (χ3v) is 7.92. The van der Waals surface area contributed by atoms with E-state index < -0.39 is 0 Å². The molecular formula is C27H29N3O4S. The molecule has 182 valence electrons. The van der Waals surface area contributed by atoms with Gasteiger partial charge in [-0.15, -0.1) is 11.3 Å².